The minimum Gasteiger partial charge on any atom is -0.265 e. The van der Waals surface area contributed by atoms with Crippen LogP contribution in [-0.2, 0) is 0 Å². The van der Waals surface area contributed by atoms with E-state index in [4.69, 9.17) is 0 Å². The Balaban J connectivity index is 2.19. The third kappa shape index (κ3) is 1.71. The standard InChI is InChI=1S/C15H9BrN4/c16-11-6-7-13-12(8-11)14(10-4-2-1-3-5-10)18-15-19-17-9-20(13)15/h1-9H. The average Bonchev–Trinajstić information content (AvgIpc) is 2.95. The van der Waals surface area contributed by atoms with Gasteiger partial charge in [0, 0.05) is 15.4 Å². The molecule has 0 amide bonds. The summed E-state index contributed by atoms with van der Waals surface area (Å²) in [6.07, 6.45) is 1.69. The number of aromatic nitrogens is 4. The van der Waals surface area contributed by atoms with Crippen molar-refractivity contribution in [1.82, 2.24) is 19.6 Å². The Morgan fingerprint density at radius 1 is 1.00 bits per heavy atom. The van der Waals surface area contributed by atoms with Crippen LogP contribution < -0.4 is 0 Å². The molecule has 0 saturated carbocycles. The van der Waals surface area contributed by atoms with Crippen LogP contribution in [0.3, 0.4) is 0 Å². The molecule has 4 nitrogen and oxygen atoms in total. The maximum atomic E-state index is 4.64. The second-order valence-electron chi connectivity index (χ2n) is 4.49. The van der Waals surface area contributed by atoms with Gasteiger partial charge in [-0.05, 0) is 18.2 Å². The summed E-state index contributed by atoms with van der Waals surface area (Å²) < 4.78 is 2.92. The van der Waals surface area contributed by atoms with E-state index in [0.29, 0.717) is 5.78 Å². The molecule has 20 heavy (non-hydrogen) atoms. The van der Waals surface area contributed by atoms with Crippen molar-refractivity contribution in [2.45, 2.75) is 0 Å². The highest BCUT2D eigenvalue weighted by Crippen LogP contribution is 2.29. The van der Waals surface area contributed by atoms with Gasteiger partial charge in [-0.15, -0.1) is 10.2 Å². The third-order valence-electron chi connectivity index (χ3n) is 3.26. The van der Waals surface area contributed by atoms with Crippen molar-refractivity contribution >= 4 is 32.6 Å². The zero-order valence-corrected chi connectivity index (χ0v) is 11.9. The molecule has 0 unspecified atom stereocenters. The lowest BCUT2D eigenvalue weighted by Gasteiger charge is -2.08. The van der Waals surface area contributed by atoms with E-state index in [2.05, 4.69) is 49.3 Å². The Labute approximate surface area is 123 Å². The van der Waals surface area contributed by atoms with Crippen LogP contribution in [0.4, 0.5) is 0 Å². The van der Waals surface area contributed by atoms with Crippen molar-refractivity contribution in [2.24, 2.45) is 0 Å². The van der Waals surface area contributed by atoms with E-state index < -0.39 is 0 Å². The van der Waals surface area contributed by atoms with Crippen molar-refractivity contribution in [3.63, 3.8) is 0 Å². The molecule has 0 bridgehead atoms. The summed E-state index contributed by atoms with van der Waals surface area (Å²) in [5, 5.41) is 9.08. The summed E-state index contributed by atoms with van der Waals surface area (Å²) in [5.74, 6) is 0.610. The predicted octanol–water partition coefficient (Wildman–Crippen LogP) is 3.71. The van der Waals surface area contributed by atoms with Gasteiger partial charge in [-0.3, -0.25) is 4.40 Å². The number of halogens is 1. The Kier molecular flexibility index (Phi) is 2.53. The van der Waals surface area contributed by atoms with E-state index in [9.17, 15) is 0 Å². The van der Waals surface area contributed by atoms with E-state index >= 15 is 0 Å². The van der Waals surface area contributed by atoms with Crippen LogP contribution >= 0.6 is 15.9 Å². The van der Waals surface area contributed by atoms with Crippen LogP contribution in [0.25, 0.3) is 27.9 Å². The predicted molar refractivity (Wildman–Crippen MR) is 81.4 cm³/mol. The Morgan fingerprint density at radius 2 is 1.85 bits per heavy atom. The van der Waals surface area contributed by atoms with E-state index in [0.717, 1.165) is 26.6 Å². The van der Waals surface area contributed by atoms with Crippen LogP contribution in [0.5, 0.6) is 0 Å². The lowest BCUT2D eigenvalue weighted by atomic mass is 10.1. The zero-order valence-electron chi connectivity index (χ0n) is 10.4. The molecule has 0 aliphatic rings. The fourth-order valence-electron chi connectivity index (χ4n) is 2.36. The van der Waals surface area contributed by atoms with Crippen molar-refractivity contribution in [2.75, 3.05) is 0 Å². The van der Waals surface area contributed by atoms with Crippen molar-refractivity contribution in [1.29, 1.82) is 0 Å². The highest BCUT2D eigenvalue weighted by molar-refractivity contribution is 9.10. The SMILES string of the molecule is Brc1ccc2c(c1)c(-c1ccccc1)nc1nncn12. The van der Waals surface area contributed by atoms with E-state index in [-0.39, 0.29) is 0 Å². The van der Waals surface area contributed by atoms with Crippen LogP contribution in [0.1, 0.15) is 0 Å². The molecule has 0 aliphatic carbocycles. The molecular formula is C15H9BrN4. The molecule has 0 aliphatic heterocycles. The van der Waals surface area contributed by atoms with Crippen LogP contribution in [0, 0.1) is 0 Å². The van der Waals surface area contributed by atoms with Gasteiger partial charge in [0.25, 0.3) is 5.78 Å². The molecule has 96 valence electrons. The van der Waals surface area contributed by atoms with Gasteiger partial charge in [0.05, 0.1) is 11.2 Å². The van der Waals surface area contributed by atoms with Gasteiger partial charge in [-0.1, -0.05) is 46.3 Å². The summed E-state index contributed by atoms with van der Waals surface area (Å²) in [4.78, 5) is 4.64. The quantitative estimate of drug-likeness (QED) is 0.536. The molecule has 5 heteroatoms. The molecule has 0 N–H and O–H groups in total. The van der Waals surface area contributed by atoms with Gasteiger partial charge in [0.1, 0.15) is 6.33 Å². The number of nitrogens with zero attached hydrogens (tertiary/aromatic N) is 4. The summed E-state index contributed by atoms with van der Waals surface area (Å²) in [5.41, 5.74) is 3.03. The maximum absolute atomic E-state index is 4.64. The summed E-state index contributed by atoms with van der Waals surface area (Å²) in [6.45, 7) is 0. The molecule has 0 saturated heterocycles. The van der Waals surface area contributed by atoms with Crippen LogP contribution in [0.15, 0.2) is 59.3 Å². The van der Waals surface area contributed by atoms with E-state index in [1.807, 2.05) is 34.7 Å². The Morgan fingerprint density at radius 3 is 2.70 bits per heavy atom. The molecule has 2 heterocycles. The first-order valence-corrected chi connectivity index (χ1v) is 6.97. The topological polar surface area (TPSA) is 43.1 Å². The molecule has 2 aromatic heterocycles. The average molecular weight is 325 g/mol. The monoisotopic (exact) mass is 324 g/mol. The fraction of sp³-hybridized carbons (Fsp3) is 0. The van der Waals surface area contributed by atoms with Gasteiger partial charge < -0.3 is 0 Å². The third-order valence-corrected chi connectivity index (χ3v) is 3.76. The summed E-state index contributed by atoms with van der Waals surface area (Å²) >= 11 is 3.53. The van der Waals surface area contributed by atoms with Crippen LogP contribution in [-0.4, -0.2) is 19.6 Å². The Bertz CT molecular complexity index is 915. The summed E-state index contributed by atoms with van der Waals surface area (Å²) in [7, 11) is 0. The molecule has 0 fully saturated rings. The number of rotatable bonds is 1. The molecule has 0 spiro atoms. The second-order valence-corrected chi connectivity index (χ2v) is 5.40. The highest BCUT2D eigenvalue weighted by Gasteiger charge is 2.11. The first kappa shape index (κ1) is 11.5. The van der Waals surface area contributed by atoms with Crippen LogP contribution in [0.2, 0.25) is 0 Å². The molecule has 2 aromatic carbocycles. The molecule has 0 radical (unpaired) electrons. The van der Waals surface area contributed by atoms with Gasteiger partial charge in [-0.25, -0.2) is 4.98 Å². The number of fused-ring (bicyclic) bond motifs is 3. The molecule has 0 atom stereocenters. The van der Waals surface area contributed by atoms with Gasteiger partial charge >= 0.3 is 0 Å². The van der Waals surface area contributed by atoms with Crippen molar-refractivity contribution in [3.05, 3.63) is 59.3 Å². The first-order chi connectivity index (χ1) is 9.83. The van der Waals surface area contributed by atoms with Crippen molar-refractivity contribution in [3.8, 4) is 11.3 Å². The first-order valence-electron chi connectivity index (χ1n) is 6.17. The normalized spacial score (nSPS) is 11.2. The smallest absolute Gasteiger partial charge is 0.255 e. The van der Waals surface area contributed by atoms with Gasteiger partial charge in [0.2, 0.25) is 0 Å². The number of benzene rings is 2. The van der Waals surface area contributed by atoms with Crippen molar-refractivity contribution < 1.29 is 0 Å². The van der Waals surface area contributed by atoms with E-state index in [1.165, 1.54) is 0 Å². The summed E-state index contributed by atoms with van der Waals surface area (Å²) in [6, 6.07) is 16.2. The zero-order chi connectivity index (χ0) is 13.5. The number of hydrogen-bond donors (Lipinski definition) is 0. The molecule has 4 aromatic rings. The highest BCUT2D eigenvalue weighted by atomic mass is 79.9. The molecular weight excluding hydrogens is 316 g/mol. The lowest BCUT2D eigenvalue weighted by Crippen LogP contribution is -1.95. The van der Waals surface area contributed by atoms with Gasteiger partial charge in [0.15, 0.2) is 0 Å². The minimum atomic E-state index is 0.610. The largest absolute Gasteiger partial charge is 0.265 e. The lowest BCUT2D eigenvalue weighted by molar-refractivity contribution is 1.10. The minimum absolute atomic E-state index is 0.610. The Hall–Kier alpha value is -2.27. The number of hydrogen-bond acceptors (Lipinski definition) is 3. The fourth-order valence-corrected chi connectivity index (χ4v) is 2.72. The van der Waals surface area contributed by atoms with Gasteiger partial charge in [-0.2, -0.15) is 0 Å². The van der Waals surface area contributed by atoms with E-state index in [1.54, 1.807) is 6.33 Å². The molecule has 4 rings (SSSR count). The maximum Gasteiger partial charge on any atom is 0.255 e. The second kappa shape index (κ2) is 4.38.